The van der Waals surface area contributed by atoms with Gasteiger partial charge in [0.05, 0.1) is 23.2 Å². The zero-order valence-corrected chi connectivity index (χ0v) is 13.3. The molecule has 22 heavy (non-hydrogen) atoms. The predicted molar refractivity (Wildman–Crippen MR) is 82.2 cm³/mol. The van der Waals surface area contributed by atoms with Crippen LogP contribution in [-0.4, -0.2) is 36.1 Å². The summed E-state index contributed by atoms with van der Waals surface area (Å²) in [6.45, 7) is 3.71. The lowest BCUT2D eigenvalue weighted by Gasteiger charge is -2.14. The molecule has 5 nitrogen and oxygen atoms in total. The van der Waals surface area contributed by atoms with Gasteiger partial charge < -0.3 is 15.7 Å². The largest absolute Gasteiger partial charge is 0.391 e. The second kappa shape index (κ2) is 8.70. The first kappa shape index (κ1) is 18.4. The molecule has 0 saturated heterocycles. The maximum Gasteiger partial charge on any atom is 0.256 e. The Morgan fingerprint density at radius 2 is 2.00 bits per heavy atom. The minimum absolute atomic E-state index is 0.0229. The molecule has 2 amide bonds. The number of benzene rings is 1. The molecule has 0 aliphatic rings. The lowest BCUT2D eigenvalue weighted by molar-refractivity contribution is -0.120. The maximum atomic E-state index is 13.5. The Hall–Kier alpha value is -1.66. The smallest absolute Gasteiger partial charge is 0.256 e. The summed E-state index contributed by atoms with van der Waals surface area (Å²) >= 11 is 5.76. The van der Waals surface area contributed by atoms with E-state index in [1.165, 1.54) is 12.1 Å². The standard InChI is InChI=1S/C15H20ClFN2O3/c1-9(2)6-10(20)7-18-13(21)8-19-15(22)14-11(16)4-3-5-12(14)17/h3-5,9-10,20H,6-8H2,1-2H3,(H,18,21)(H,19,22). The van der Waals surface area contributed by atoms with Crippen LogP contribution in [0.2, 0.25) is 5.02 Å². The van der Waals surface area contributed by atoms with Gasteiger partial charge in [-0.2, -0.15) is 0 Å². The van der Waals surface area contributed by atoms with Crippen LogP contribution in [0.1, 0.15) is 30.6 Å². The Bertz CT molecular complexity index is 517. The molecule has 0 aliphatic heterocycles. The molecular weight excluding hydrogens is 311 g/mol. The third-order valence-corrected chi connectivity index (χ3v) is 3.19. The lowest BCUT2D eigenvalue weighted by Crippen LogP contribution is -2.40. The molecule has 0 saturated carbocycles. The van der Waals surface area contributed by atoms with E-state index in [0.29, 0.717) is 12.3 Å². The van der Waals surface area contributed by atoms with Gasteiger partial charge >= 0.3 is 0 Å². The summed E-state index contributed by atoms with van der Waals surface area (Å²) in [5.74, 6) is -1.67. The third-order valence-electron chi connectivity index (χ3n) is 2.88. The van der Waals surface area contributed by atoms with E-state index in [9.17, 15) is 19.1 Å². The number of aliphatic hydroxyl groups is 1. The minimum Gasteiger partial charge on any atom is -0.391 e. The first-order chi connectivity index (χ1) is 10.3. The van der Waals surface area contributed by atoms with Crippen molar-refractivity contribution in [2.24, 2.45) is 5.92 Å². The van der Waals surface area contributed by atoms with Gasteiger partial charge in [-0.15, -0.1) is 0 Å². The maximum absolute atomic E-state index is 13.5. The fourth-order valence-electron chi connectivity index (χ4n) is 1.89. The number of nitrogens with one attached hydrogen (secondary N) is 2. The summed E-state index contributed by atoms with van der Waals surface area (Å²) in [5, 5.41) is 14.4. The molecule has 1 atom stereocenters. The number of halogens is 2. The topological polar surface area (TPSA) is 78.4 Å². The van der Waals surface area contributed by atoms with Gasteiger partial charge in [0.15, 0.2) is 0 Å². The van der Waals surface area contributed by atoms with E-state index in [0.717, 1.165) is 6.07 Å². The fourth-order valence-corrected chi connectivity index (χ4v) is 2.13. The third kappa shape index (κ3) is 5.99. The van der Waals surface area contributed by atoms with E-state index < -0.39 is 23.7 Å². The highest BCUT2D eigenvalue weighted by Gasteiger charge is 2.16. The summed E-state index contributed by atoms with van der Waals surface area (Å²) in [6, 6.07) is 3.89. The van der Waals surface area contributed by atoms with E-state index >= 15 is 0 Å². The monoisotopic (exact) mass is 330 g/mol. The van der Waals surface area contributed by atoms with Gasteiger partial charge in [-0.1, -0.05) is 31.5 Å². The SMILES string of the molecule is CC(C)CC(O)CNC(=O)CNC(=O)c1c(F)cccc1Cl. The first-order valence-electron chi connectivity index (χ1n) is 6.98. The van der Waals surface area contributed by atoms with E-state index in [-0.39, 0.29) is 23.7 Å². The van der Waals surface area contributed by atoms with Gasteiger partial charge in [-0.3, -0.25) is 9.59 Å². The molecule has 0 spiro atoms. The molecule has 0 aromatic heterocycles. The number of hydrogen-bond donors (Lipinski definition) is 3. The normalized spacial score (nSPS) is 12.1. The molecule has 0 fully saturated rings. The first-order valence-corrected chi connectivity index (χ1v) is 7.36. The quantitative estimate of drug-likeness (QED) is 0.712. The Morgan fingerprint density at radius 3 is 2.59 bits per heavy atom. The molecule has 1 aromatic rings. The highest BCUT2D eigenvalue weighted by molar-refractivity contribution is 6.33. The Labute approximate surface area is 133 Å². The molecular formula is C15H20ClFN2O3. The van der Waals surface area contributed by atoms with Crippen molar-refractivity contribution in [3.8, 4) is 0 Å². The van der Waals surface area contributed by atoms with Crippen molar-refractivity contribution in [2.75, 3.05) is 13.1 Å². The number of amides is 2. The van der Waals surface area contributed by atoms with E-state index in [4.69, 9.17) is 11.6 Å². The van der Waals surface area contributed by atoms with E-state index in [1.54, 1.807) is 0 Å². The van der Waals surface area contributed by atoms with Gasteiger partial charge in [0.25, 0.3) is 5.91 Å². The number of hydrogen-bond acceptors (Lipinski definition) is 3. The Kier molecular flexibility index (Phi) is 7.27. The molecule has 3 N–H and O–H groups in total. The predicted octanol–water partition coefficient (Wildman–Crippen LogP) is 1.73. The van der Waals surface area contributed by atoms with Gasteiger partial charge in [0, 0.05) is 6.54 Å². The number of carbonyl (C=O) groups excluding carboxylic acids is 2. The Morgan fingerprint density at radius 1 is 1.32 bits per heavy atom. The second-order valence-corrected chi connectivity index (χ2v) is 5.77. The van der Waals surface area contributed by atoms with Crippen molar-refractivity contribution in [1.29, 1.82) is 0 Å². The van der Waals surface area contributed by atoms with Crippen LogP contribution >= 0.6 is 11.6 Å². The van der Waals surface area contributed by atoms with E-state index in [2.05, 4.69) is 10.6 Å². The van der Waals surface area contributed by atoms with E-state index in [1.807, 2.05) is 13.8 Å². The van der Waals surface area contributed by atoms with Crippen LogP contribution in [-0.2, 0) is 4.79 Å². The van der Waals surface area contributed by atoms with Crippen molar-refractivity contribution in [1.82, 2.24) is 10.6 Å². The average Bonchev–Trinajstić information content (AvgIpc) is 2.42. The van der Waals surface area contributed by atoms with Gasteiger partial charge in [-0.05, 0) is 24.5 Å². The van der Waals surface area contributed by atoms with Crippen LogP contribution in [0.3, 0.4) is 0 Å². The van der Waals surface area contributed by atoms with Crippen LogP contribution in [0, 0.1) is 11.7 Å². The zero-order valence-electron chi connectivity index (χ0n) is 12.5. The lowest BCUT2D eigenvalue weighted by atomic mass is 10.1. The molecule has 0 heterocycles. The molecule has 0 radical (unpaired) electrons. The summed E-state index contributed by atoms with van der Waals surface area (Å²) in [6.07, 6.45) is -0.0713. The van der Waals surface area contributed by atoms with Crippen molar-refractivity contribution in [2.45, 2.75) is 26.4 Å². The second-order valence-electron chi connectivity index (χ2n) is 5.37. The van der Waals surface area contributed by atoms with Crippen molar-refractivity contribution in [3.05, 3.63) is 34.6 Å². The fraction of sp³-hybridized carbons (Fsp3) is 0.467. The van der Waals surface area contributed by atoms with Crippen LogP contribution in [0.15, 0.2) is 18.2 Å². The molecule has 0 aliphatic carbocycles. The number of carbonyl (C=O) groups is 2. The van der Waals surface area contributed by atoms with Crippen molar-refractivity contribution in [3.63, 3.8) is 0 Å². The van der Waals surface area contributed by atoms with Crippen LogP contribution in [0.25, 0.3) is 0 Å². The molecule has 0 bridgehead atoms. The van der Waals surface area contributed by atoms with Crippen molar-refractivity contribution < 1.29 is 19.1 Å². The van der Waals surface area contributed by atoms with Crippen LogP contribution in [0.4, 0.5) is 4.39 Å². The summed E-state index contributed by atoms with van der Waals surface area (Å²) in [5.41, 5.74) is -0.295. The number of rotatable bonds is 7. The van der Waals surface area contributed by atoms with Crippen LogP contribution in [0.5, 0.6) is 0 Å². The average molecular weight is 331 g/mol. The van der Waals surface area contributed by atoms with Crippen LogP contribution < -0.4 is 10.6 Å². The summed E-state index contributed by atoms with van der Waals surface area (Å²) in [4.78, 5) is 23.4. The van der Waals surface area contributed by atoms with Gasteiger partial charge in [0.1, 0.15) is 5.82 Å². The zero-order chi connectivity index (χ0) is 16.7. The minimum atomic E-state index is -0.763. The molecule has 7 heteroatoms. The Balaban J connectivity index is 2.43. The molecule has 1 unspecified atom stereocenters. The highest BCUT2D eigenvalue weighted by Crippen LogP contribution is 2.18. The number of aliphatic hydroxyl groups excluding tert-OH is 1. The summed E-state index contributed by atoms with van der Waals surface area (Å²) < 4.78 is 13.5. The highest BCUT2D eigenvalue weighted by atomic mass is 35.5. The van der Waals surface area contributed by atoms with Crippen molar-refractivity contribution >= 4 is 23.4 Å². The molecule has 1 aromatic carbocycles. The molecule has 1 rings (SSSR count). The van der Waals surface area contributed by atoms with Gasteiger partial charge in [-0.25, -0.2) is 4.39 Å². The molecule has 122 valence electrons. The summed E-state index contributed by atoms with van der Waals surface area (Å²) in [7, 11) is 0. The van der Waals surface area contributed by atoms with Gasteiger partial charge in [0.2, 0.25) is 5.91 Å².